The van der Waals surface area contributed by atoms with Gasteiger partial charge in [0.15, 0.2) is 11.5 Å². The number of nitrogens with one attached hydrogen (secondary N) is 1. The van der Waals surface area contributed by atoms with Gasteiger partial charge in [-0.25, -0.2) is 8.42 Å². The van der Waals surface area contributed by atoms with Gasteiger partial charge in [-0.05, 0) is 59.5 Å². The average molecular weight is 467 g/mol. The summed E-state index contributed by atoms with van der Waals surface area (Å²) < 4.78 is 40.0. The number of fused-ring (bicyclic) bond motifs is 1. The third kappa shape index (κ3) is 4.44. The van der Waals surface area contributed by atoms with Gasteiger partial charge in [-0.3, -0.25) is 4.79 Å². The summed E-state index contributed by atoms with van der Waals surface area (Å²) in [7, 11) is -0.682. The number of ether oxygens (including phenoxy) is 2. The third-order valence-electron chi connectivity index (χ3n) is 5.73. The quantitative estimate of drug-likeness (QED) is 0.594. The molecule has 1 unspecified atom stereocenters. The molecule has 3 aromatic carbocycles. The number of carbonyl (C=O) groups excluding carboxylic acids is 1. The second-order valence-corrected chi connectivity index (χ2v) is 9.68. The molecule has 1 amide bonds. The van der Waals surface area contributed by atoms with Crippen LogP contribution in [0.1, 0.15) is 29.7 Å². The van der Waals surface area contributed by atoms with Crippen molar-refractivity contribution in [2.24, 2.45) is 0 Å². The van der Waals surface area contributed by atoms with Crippen LogP contribution in [0.2, 0.25) is 0 Å². The number of anilines is 1. The van der Waals surface area contributed by atoms with E-state index >= 15 is 0 Å². The topological polar surface area (TPSA) is 84.9 Å². The predicted octanol–water partition coefficient (Wildman–Crippen LogP) is 4.00. The Labute approximate surface area is 194 Å². The summed E-state index contributed by atoms with van der Waals surface area (Å²) >= 11 is 0. The van der Waals surface area contributed by atoms with Gasteiger partial charge in [0.1, 0.15) is 0 Å². The smallest absolute Gasteiger partial charge is 0.243 e. The molecule has 0 aliphatic carbocycles. The molecule has 0 fully saturated rings. The monoisotopic (exact) mass is 466 g/mol. The highest BCUT2D eigenvalue weighted by atomic mass is 32.2. The van der Waals surface area contributed by atoms with Gasteiger partial charge in [-0.1, -0.05) is 30.3 Å². The van der Waals surface area contributed by atoms with Crippen molar-refractivity contribution in [3.8, 4) is 11.5 Å². The van der Waals surface area contributed by atoms with E-state index in [9.17, 15) is 13.2 Å². The van der Waals surface area contributed by atoms with E-state index in [2.05, 4.69) is 5.32 Å². The molecular weight excluding hydrogens is 440 g/mol. The van der Waals surface area contributed by atoms with E-state index in [0.29, 0.717) is 30.2 Å². The summed E-state index contributed by atoms with van der Waals surface area (Å²) in [4.78, 5) is 11.5. The van der Waals surface area contributed by atoms with E-state index in [4.69, 9.17) is 9.47 Å². The van der Waals surface area contributed by atoms with Gasteiger partial charge in [0.2, 0.25) is 15.9 Å². The molecule has 4 rings (SSSR count). The summed E-state index contributed by atoms with van der Waals surface area (Å²) in [5.74, 6) is 0.954. The molecule has 3 aromatic rings. The zero-order valence-corrected chi connectivity index (χ0v) is 19.6. The van der Waals surface area contributed by atoms with Crippen molar-refractivity contribution < 1.29 is 22.7 Å². The van der Waals surface area contributed by atoms with Gasteiger partial charge in [-0.15, -0.1) is 0 Å². The highest BCUT2D eigenvalue weighted by Crippen LogP contribution is 2.43. The van der Waals surface area contributed by atoms with Crippen LogP contribution in [0.15, 0.2) is 71.6 Å². The molecule has 0 aromatic heterocycles. The van der Waals surface area contributed by atoms with Crippen LogP contribution in [-0.2, 0) is 21.2 Å². The van der Waals surface area contributed by atoms with Crippen LogP contribution in [0.3, 0.4) is 0 Å². The Kier molecular flexibility index (Phi) is 6.40. The summed E-state index contributed by atoms with van der Waals surface area (Å²) in [6, 6.07) is 19.1. The van der Waals surface area contributed by atoms with Crippen molar-refractivity contribution in [1.82, 2.24) is 4.31 Å². The second kappa shape index (κ2) is 9.25. The lowest BCUT2D eigenvalue weighted by Gasteiger charge is -2.37. The molecule has 1 atom stereocenters. The van der Waals surface area contributed by atoms with Crippen molar-refractivity contribution in [3.05, 3.63) is 83.4 Å². The number of hydrogen-bond acceptors (Lipinski definition) is 5. The summed E-state index contributed by atoms with van der Waals surface area (Å²) in [6.45, 7) is 1.72. The molecular formula is C25H26N2O5S. The molecule has 7 nitrogen and oxygen atoms in total. The van der Waals surface area contributed by atoms with Crippen LogP contribution < -0.4 is 14.8 Å². The molecule has 0 bridgehead atoms. The molecule has 1 aliphatic heterocycles. The first-order valence-corrected chi connectivity index (χ1v) is 12.0. The normalized spacial score (nSPS) is 16.0. The Morgan fingerprint density at radius 1 is 0.970 bits per heavy atom. The van der Waals surface area contributed by atoms with E-state index < -0.39 is 16.1 Å². The standard InChI is InChI=1S/C25H26N2O5S/c1-17(28)26-20-9-11-21(12-10-20)33(29,30)27-14-13-19-15-23(31-2)24(32-3)16-22(19)25(27)18-7-5-4-6-8-18/h4-12,15-16,25H,13-14H2,1-3H3,(H,26,28). The molecule has 0 saturated heterocycles. The van der Waals surface area contributed by atoms with Crippen molar-refractivity contribution >= 4 is 21.6 Å². The van der Waals surface area contributed by atoms with Crippen LogP contribution in [-0.4, -0.2) is 39.4 Å². The molecule has 1 aliphatic rings. The summed E-state index contributed by atoms with van der Waals surface area (Å²) in [5, 5.41) is 2.66. The van der Waals surface area contributed by atoms with E-state index in [0.717, 1.165) is 16.7 Å². The Morgan fingerprint density at radius 2 is 1.61 bits per heavy atom. The number of sulfonamides is 1. The fourth-order valence-electron chi connectivity index (χ4n) is 4.21. The maximum Gasteiger partial charge on any atom is 0.243 e. The second-order valence-electron chi connectivity index (χ2n) is 7.79. The zero-order chi connectivity index (χ0) is 23.6. The van der Waals surface area contributed by atoms with Crippen LogP contribution in [0.4, 0.5) is 5.69 Å². The number of carbonyl (C=O) groups is 1. The van der Waals surface area contributed by atoms with Crippen LogP contribution in [0.5, 0.6) is 11.5 Å². The minimum absolute atomic E-state index is 0.168. The number of hydrogen-bond donors (Lipinski definition) is 1. The largest absolute Gasteiger partial charge is 0.493 e. The van der Waals surface area contributed by atoms with E-state index in [-0.39, 0.29) is 10.8 Å². The van der Waals surface area contributed by atoms with Gasteiger partial charge in [0, 0.05) is 19.2 Å². The number of methoxy groups -OCH3 is 2. The third-order valence-corrected chi connectivity index (χ3v) is 7.60. The van der Waals surface area contributed by atoms with Crippen molar-refractivity contribution in [2.45, 2.75) is 24.3 Å². The predicted molar refractivity (Wildman–Crippen MR) is 126 cm³/mol. The number of nitrogens with zero attached hydrogens (tertiary/aromatic N) is 1. The minimum Gasteiger partial charge on any atom is -0.493 e. The Bertz CT molecular complexity index is 1260. The van der Waals surface area contributed by atoms with Gasteiger partial charge in [0.05, 0.1) is 25.2 Å². The SMILES string of the molecule is COc1cc2c(cc1OC)C(c1ccccc1)N(S(=O)(=O)c1ccc(NC(C)=O)cc1)CC2. The lowest BCUT2D eigenvalue weighted by atomic mass is 9.89. The molecule has 0 spiro atoms. The number of rotatable bonds is 6. The fourth-order valence-corrected chi connectivity index (χ4v) is 5.81. The van der Waals surface area contributed by atoms with Crippen LogP contribution >= 0.6 is 0 Å². The molecule has 0 saturated carbocycles. The lowest BCUT2D eigenvalue weighted by molar-refractivity contribution is -0.114. The molecule has 8 heteroatoms. The lowest BCUT2D eigenvalue weighted by Crippen LogP contribution is -2.40. The van der Waals surface area contributed by atoms with Gasteiger partial charge in [0.25, 0.3) is 0 Å². The van der Waals surface area contributed by atoms with Gasteiger partial charge < -0.3 is 14.8 Å². The summed E-state index contributed by atoms with van der Waals surface area (Å²) in [6.07, 6.45) is 0.544. The van der Waals surface area contributed by atoms with Gasteiger partial charge in [-0.2, -0.15) is 4.31 Å². The molecule has 172 valence electrons. The maximum absolute atomic E-state index is 13.8. The van der Waals surface area contributed by atoms with E-state index in [1.165, 1.54) is 23.4 Å². The number of amides is 1. The first-order chi connectivity index (χ1) is 15.8. The average Bonchev–Trinajstić information content (AvgIpc) is 2.82. The Hall–Kier alpha value is -3.36. The first kappa shape index (κ1) is 22.8. The van der Waals surface area contributed by atoms with Gasteiger partial charge >= 0.3 is 0 Å². The molecule has 1 N–H and O–H groups in total. The highest BCUT2D eigenvalue weighted by molar-refractivity contribution is 7.89. The molecule has 33 heavy (non-hydrogen) atoms. The zero-order valence-electron chi connectivity index (χ0n) is 18.7. The summed E-state index contributed by atoms with van der Waals surface area (Å²) in [5.41, 5.74) is 3.29. The Balaban J connectivity index is 1.81. The molecule has 0 radical (unpaired) electrons. The first-order valence-electron chi connectivity index (χ1n) is 10.5. The van der Waals surface area contributed by atoms with E-state index in [1.807, 2.05) is 42.5 Å². The van der Waals surface area contributed by atoms with E-state index in [1.54, 1.807) is 26.4 Å². The number of benzene rings is 3. The molecule has 1 heterocycles. The van der Waals surface area contributed by atoms with Crippen LogP contribution in [0, 0.1) is 0 Å². The fraction of sp³-hybridized carbons (Fsp3) is 0.240. The van der Waals surface area contributed by atoms with Crippen molar-refractivity contribution in [1.29, 1.82) is 0 Å². The van der Waals surface area contributed by atoms with Crippen molar-refractivity contribution in [2.75, 3.05) is 26.1 Å². The van der Waals surface area contributed by atoms with Crippen molar-refractivity contribution in [3.63, 3.8) is 0 Å². The van der Waals surface area contributed by atoms with Crippen LogP contribution in [0.25, 0.3) is 0 Å². The highest BCUT2D eigenvalue weighted by Gasteiger charge is 2.38. The minimum atomic E-state index is -3.83. The maximum atomic E-state index is 13.8. The Morgan fingerprint density at radius 3 is 2.21 bits per heavy atom.